The number of aromatic amines is 1. The number of amides is 1. The van der Waals surface area contributed by atoms with E-state index >= 15 is 0 Å². The van der Waals surface area contributed by atoms with Crippen LogP contribution >= 0.6 is 11.3 Å². The topological polar surface area (TPSA) is 57.8 Å². The van der Waals surface area contributed by atoms with Gasteiger partial charge in [-0.1, -0.05) is 48.5 Å². The number of nitrogens with zero attached hydrogens (tertiary/aromatic N) is 1. The first-order chi connectivity index (χ1) is 12.3. The first-order valence-corrected chi connectivity index (χ1v) is 8.98. The van der Waals surface area contributed by atoms with Gasteiger partial charge in [-0.2, -0.15) is 0 Å². The van der Waals surface area contributed by atoms with Gasteiger partial charge in [-0.3, -0.25) is 4.79 Å². The fourth-order valence-electron chi connectivity index (χ4n) is 2.97. The lowest BCUT2D eigenvalue weighted by Gasteiger charge is -2.17. The fraction of sp³-hybridized carbons (Fsp3) is 0.100. The third-order valence-electron chi connectivity index (χ3n) is 4.16. The highest BCUT2D eigenvalue weighted by Crippen LogP contribution is 2.24. The molecule has 0 aliphatic carbocycles. The number of hydrogen-bond acceptors (Lipinski definition) is 3. The van der Waals surface area contributed by atoms with E-state index in [1.807, 2.05) is 66.2 Å². The molecule has 4 aromatic rings. The summed E-state index contributed by atoms with van der Waals surface area (Å²) in [7, 11) is 0. The molecule has 0 saturated heterocycles. The molecular formula is C20H17N3OS. The summed E-state index contributed by atoms with van der Waals surface area (Å²) in [4.78, 5) is 20.3. The summed E-state index contributed by atoms with van der Waals surface area (Å²) in [5.74, 6) is -0.0196. The Morgan fingerprint density at radius 3 is 2.72 bits per heavy atom. The van der Waals surface area contributed by atoms with Crippen LogP contribution in [-0.4, -0.2) is 15.9 Å². The number of para-hydroxylation sites is 1. The van der Waals surface area contributed by atoms with Crippen LogP contribution in [0.15, 0.2) is 72.4 Å². The van der Waals surface area contributed by atoms with Crippen molar-refractivity contribution in [2.75, 3.05) is 0 Å². The molecule has 0 fully saturated rings. The van der Waals surface area contributed by atoms with Crippen LogP contribution in [0.4, 0.5) is 0 Å². The third kappa shape index (κ3) is 3.32. The van der Waals surface area contributed by atoms with E-state index in [0.717, 1.165) is 27.0 Å². The van der Waals surface area contributed by atoms with Gasteiger partial charge in [0.05, 0.1) is 6.42 Å². The molecule has 1 amide bonds. The summed E-state index contributed by atoms with van der Waals surface area (Å²) in [5, 5.41) is 7.04. The molecule has 0 spiro atoms. The molecule has 0 radical (unpaired) electrons. The Labute approximate surface area is 149 Å². The van der Waals surface area contributed by atoms with E-state index in [9.17, 15) is 4.79 Å². The van der Waals surface area contributed by atoms with Gasteiger partial charge in [0.1, 0.15) is 11.0 Å². The summed E-state index contributed by atoms with van der Waals surface area (Å²) in [6, 6.07) is 17.7. The van der Waals surface area contributed by atoms with Crippen LogP contribution in [0.25, 0.3) is 10.9 Å². The molecule has 2 heterocycles. The van der Waals surface area contributed by atoms with Gasteiger partial charge < -0.3 is 10.3 Å². The Kier molecular flexibility index (Phi) is 4.31. The van der Waals surface area contributed by atoms with Crippen LogP contribution < -0.4 is 5.32 Å². The highest BCUT2D eigenvalue weighted by atomic mass is 32.1. The summed E-state index contributed by atoms with van der Waals surface area (Å²) in [5.41, 5.74) is 3.08. The number of benzene rings is 2. The van der Waals surface area contributed by atoms with E-state index in [-0.39, 0.29) is 11.9 Å². The maximum absolute atomic E-state index is 12.7. The van der Waals surface area contributed by atoms with Crippen LogP contribution in [-0.2, 0) is 11.2 Å². The maximum Gasteiger partial charge on any atom is 0.225 e. The first-order valence-electron chi connectivity index (χ1n) is 8.10. The fourth-order valence-corrected chi connectivity index (χ4v) is 3.69. The minimum Gasteiger partial charge on any atom is -0.361 e. The molecule has 124 valence electrons. The molecule has 2 aromatic carbocycles. The molecule has 0 bridgehead atoms. The molecule has 2 aromatic heterocycles. The Morgan fingerprint density at radius 1 is 1.12 bits per heavy atom. The minimum absolute atomic E-state index is 0.0196. The monoisotopic (exact) mass is 347 g/mol. The molecule has 0 aliphatic rings. The van der Waals surface area contributed by atoms with Crippen molar-refractivity contribution >= 4 is 28.1 Å². The van der Waals surface area contributed by atoms with Gasteiger partial charge in [-0.05, 0) is 17.2 Å². The predicted molar refractivity (Wildman–Crippen MR) is 101 cm³/mol. The number of H-pyrrole nitrogens is 1. The van der Waals surface area contributed by atoms with E-state index in [0.29, 0.717) is 6.42 Å². The van der Waals surface area contributed by atoms with Crippen molar-refractivity contribution in [3.05, 3.63) is 88.5 Å². The van der Waals surface area contributed by atoms with Gasteiger partial charge in [0.25, 0.3) is 0 Å². The predicted octanol–water partition coefficient (Wildman–Crippen LogP) is 4.07. The van der Waals surface area contributed by atoms with Gasteiger partial charge in [0.15, 0.2) is 0 Å². The van der Waals surface area contributed by atoms with Crippen molar-refractivity contribution in [3.63, 3.8) is 0 Å². The van der Waals surface area contributed by atoms with Crippen molar-refractivity contribution in [2.45, 2.75) is 12.5 Å². The second-order valence-corrected chi connectivity index (χ2v) is 6.74. The largest absolute Gasteiger partial charge is 0.361 e. The SMILES string of the molecule is O=C(Cc1c[nH]c2ccccc12)N[C@@H](c1ccccc1)c1nccs1. The van der Waals surface area contributed by atoms with Crippen molar-refractivity contribution in [3.8, 4) is 0 Å². The highest BCUT2D eigenvalue weighted by Gasteiger charge is 2.19. The van der Waals surface area contributed by atoms with Crippen molar-refractivity contribution in [1.82, 2.24) is 15.3 Å². The molecule has 0 saturated carbocycles. The maximum atomic E-state index is 12.7. The summed E-state index contributed by atoms with van der Waals surface area (Å²) in [6.45, 7) is 0. The number of carbonyl (C=O) groups excluding carboxylic acids is 1. The van der Waals surface area contributed by atoms with Crippen LogP contribution in [0.5, 0.6) is 0 Å². The van der Waals surface area contributed by atoms with Crippen LogP contribution in [0.3, 0.4) is 0 Å². The molecular weight excluding hydrogens is 330 g/mol. The van der Waals surface area contributed by atoms with E-state index in [1.165, 1.54) is 0 Å². The number of fused-ring (bicyclic) bond motifs is 1. The van der Waals surface area contributed by atoms with Crippen molar-refractivity contribution < 1.29 is 4.79 Å². The molecule has 2 N–H and O–H groups in total. The number of hydrogen-bond donors (Lipinski definition) is 2. The van der Waals surface area contributed by atoms with E-state index in [2.05, 4.69) is 15.3 Å². The molecule has 4 nitrogen and oxygen atoms in total. The molecule has 5 heteroatoms. The number of nitrogens with one attached hydrogen (secondary N) is 2. The van der Waals surface area contributed by atoms with Gasteiger partial charge in [0, 0.05) is 28.7 Å². The van der Waals surface area contributed by atoms with Crippen LogP contribution in [0, 0.1) is 0 Å². The summed E-state index contributed by atoms with van der Waals surface area (Å²) < 4.78 is 0. The normalized spacial score (nSPS) is 12.2. The first kappa shape index (κ1) is 15.6. The van der Waals surface area contributed by atoms with E-state index in [4.69, 9.17) is 0 Å². The number of rotatable bonds is 5. The zero-order valence-corrected chi connectivity index (χ0v) is 14.3. The molecule has 25 heavy (non-hydrogen) atoms. The molecule has 1 atom stereocenters. The number of thiazole rings is 1. The average molecular weight is 347 g/mol. The molecule has 0 unspecified atom stereocenters. The van der Waals surface area contributed by atoms with Gasteiger partial charge >= 0.3 is 0 Å². The van der Waals surface area contributed by atoms with Gasteiger partial charge in [-0.25, -0.2) is 4.98 Å². The zero-order valence-electron chi connectivity index (χ0n) is 13.5. The average Bonchev–Trinajstić information content (AvgIpc) is 3.31. The van der Waals surface area contributed by atoms with E-state index in [1.54, 1.807) is 17.5 Å². The molecule has 4 rings (SSSR count). The standard InChI is InChI=1S/C20H17N3OS/c24-18(12-15-13-22-17-9-5-4-8-16(15)17)23-19(20-21-10-11-25-20)14-6-2-1-3-7-14/h1-11,13,19,22H,12H2,(H,23,24)/t19-/m0/s1. The molecule has 0 aliphatic heterocycles. The Hall–Kier alpha value is -2.92. The van der Waals surface area contributed by atoms with Crippen LogP contribution in [0.1, 0.15) is 22.2 Å². The lowest BCUT2D eigenvalue weighted by atomic mass is 10.1. The lowest BCUT2D eigenvalue weighted by Crippen LogP contribution is -2.30. The van der Waals surface area contributed by atoms with E-state index < -0.39 is 0 Å². The Morgan fingerprint density at radius 2 is 1.92 bits per heavy atom. The lowest BCUT2D eigenvalue weighted by molar-refractivity contribution is -0.120. The van der Waals surface area contributed by atoms with Crippen molar-refractivity contribution in [2.24, 2.45) is 0 Å². The second-order valence-electron chi connectivity index (χ2n) is 5.82. The highest BCUT2D eigenvalue weighted by molar-refractivity contribution is 7.09. The van der Waals surface area contributed by atoms with Crippen LogP contribution in [0.2, 0.25) is 0 Å². The van der Waals surface area contributed by atoms with Crippen molar-refractivity contribution in [1.29, 1.82) is 0 Å². The summed E-state index contributed by atoms with van der Waals surface area (Å²) >= 11 is 1.55. The Balaban J connectivity index is 1.57. The minimum atomic E-state index is -0.223. The van der Waals surface area contributed by atoms with Gasteiger partial charge in [0.2, 0.25) is 5.91 Å². The number of carbonyl (C=O) groups is 1. The summed E-state index contributed by atoms with van der Waals surface area (Å²) in [6.07, 6.45) is 4.01. The number of aromatic nitrogens is 2. The van der Waals surface area contributed by atoms with Gasteiger partial charge in [-0.15, -0.1) is 11.3 Å². The quantitative estimate of drug-likeness (QED) is 0.572. The zero-order chi connectivity index (χ0) is 17.1. The Bertz CT molecular complexity index is 977. The smallest absolute Gasteiger partial charge is 0.225 e. The third-order valence-corrected chi connectivity index (χ3v) is 5.00. The second kappa shape index (κ2) is 6.91.